The number of aromatic nitrogens is 3. The van der Waals surface area contributed by atoms with E-state index in [1.807, 2.05) is 6.92 Å². The Kier molecular flexibility index (Phi) is 3.24. The first-order valence-electron chi connectivity index (χ1n) is 5.34. The highest BCUT2D eigenvalue weighted by Crippen LogP contribution is 2.16. The maximum atomic E-state index is 12.1. The number of hydrazine groups is 1. The maximum Gasteiger partial charge on any atom is 0.259 e. The van der Waals surface area contributed by atoms with Gasteiger partial charge in [0.2, 0.25) is 0 Å². The molecule has 0 fully saturated rings. The number of hydrogen-bond acceptors (Lipinski definition) is 5. The van der Waals surface area contributed by atoms with Gasteiger partial charge in [-0.15, -0.1) is 0 Å². The average Bonchev–Trinajstić information content (AvgIpc) is 2.67. The lowest BCUT2D eigenvalue weighted by molar-refractivity contribution is 0.102. The number of nitrogens with zero attached hydrogens (tertiary/aromatic N) is 3. The number of nitrogens with two attached hydrogens (primary N) is 1. The van der Waals surface area contributed by atoms with Crippen molar-refractivity contribution >= 4 is 17.3 Å². The van der Waals surface area contributed by atoms with Crippen LogP contribution in [0, 0.1) is 6.92 Å². The minimum Gasteiger partial charge on any atom is -0.323 e. The Morgan fingerprint density at radius 2 is 2.22 bits per heavy atom. The van der Waals surface area contributed by atoms with Crippen LogP contribution < -0.4 is 16.6 Å². The third-order valence-electron chi connectivity index (χ3n) is 2.48. The minimum absolute atomic E-state index is 0.285. The number of nitrogens with one attached hydrogen (secondary N) is 2. The number of aryl methyl sites for hydroxylation is 2. The SMILES string of the molecule is Cc1nn(C)cc1NC(=O)c1cnccc1NN. The van der Waals surface area contributed by atoms with Gasteiger partial charge in [0.05, 0.1) is 22.6 Å². The van der Waals surface area contributed by atoms with Crippen molar-refractivity contribution in [3.05, 3.63) is 35.9 Å². The molecule has 7 nitrogen and oxygen atoms in total. The molecular weight excluding hydrogens is 232 g/mol. The average molecular weight is 246 g/mol. The molecule has 18 heavy (non-hydrogen) atoms. The number of amides is 1. The first-order chi connectivity index (χ1) is 8.61. The summed E-state index contributed by atoms with van der Waals surface area (Å²) in [4.78, 5) is 16.0. The van der Waals surface area contributed by atoms with Gasteiger partial charge in [0.15, 0.2) is 0 Å². The van der Waals surface area contributed by atoms with Crippen molar-refractivity contribution in [1.29, 1.82) is 0 Å². The second-order valence-corrected chi connectivity index (χ2v) is 3.82. The van der Waals surface area contributed by atoms with E-state index in [0.29, 0.717) is 16.9 Å². The molecule has 2 aromatic rings. The Balaban J connectivity index is 2.24. The first kappa shape index (κ1) is 12.1. The molecule has 2 heterocycles. The van der Waals surface area contributed by atoms with Crippen LogP contribution in [0.15, 0.2) is 24.7 Å². The number of nitrogen functional groups attached to an aromatic ring is 1. The number of carbonyl (C=O) groups excluding carboxylic acids is 1. The topological polar surface area (TPSA) is 97.9 Å². The summed E-state index contributed by atoms with van der Waals surface area (Å²) in [5.74, 6) is 5.06. The quantitative estimate of drug-likeness (QED) is 0.546. The molecule has 0 aliphatic rings. The highest BCUT2D eigenvalue weighted by Gasteiger charge is 2.13. The molecule has 0 spiro atoms. The van der Waals surface area contributed by atoms with Crippen LogP contribution >= 0.6 is 0 Å². The fourth-order valence-electron chi connectivity index (χ4n) is 1.61. The molecule has 0 saturated heterocycles. The summed E-state index contributed by atoms with van der Waals surface area (Å²) in [6.45, 7) is 1.82. The highest BCUT2D eigenvalue weighted by molar-refractivity contribution is 6.07. The van der Waals surface area contributed by atoms with E-state index in [4.69, 9.17) is 5.84 Å². The summed E-state index contributed by atoms with van der Waals surface area (Å²) in [6, 6.07) is 1.63. The fraction of sp³-hybridized carbons (Fsp3) is 0.182. The molecule has 0 bridgehead atoms. The van der Waals surface area contributed by atoms with Crippen LogP contribution in [0.1, 0.15) is 16.1 Å². The van der Waals surface area contributed by atoms with Crippen molar-refractivity contribution in [2.24, 2.45) is 12.9 Å². The Morgan fingerprint density at radius 1 is 1.44 bits per heavy atom. The molecule has 0 aromatic carbocycles. The number of hydrogen-bond donors (Lipinski definition) is 3. The molecule has 0 saturated carbocycles. The fourth-order valence-corrected chi connectivity index (χ4v) is 1.61. The molecule has 2 rings (SSSR count). The molecule has 7 heteroatoms. The smallest absolute Gasteiger partial charge is 0.259 e. The summed E-state index contributed by atoms with van der Waals surface area (Å²) < 4.78 is 1.64. The monoisotopic (exact) mass is 246 g/mol. The van der Waals surface area contributed by atoms with Crippen molar-refractivity contribution in [1.82, 2.24) is 14.8 Å². The van der Waals surface area contributed by atoms with Crippen LogP contribution in [0.5, 0.6) is 0 Å². The van der Waals surface area contributed by atoms with E-state index in [1.54, 1.807) is 30.2 Å². The summed E-state index contributed by atoms with van der Waals surface area (Å²) in [5.41, 5.74) is 4.76. The van der Waals surface area contributed by atoms with E-state index in [-0.39, 0.29) is 5.91 Å². The first-order valence-corrected chi connectivity index (χ1v) is 5.34. The van der Waals surface area contributed by atoms with Crippen LogP contribution in [0.4, 0.5) is 11.4 Å². The van der Waals surface area contributed by atoms with Crippen molar-refractivity contribution < 1.29 is 4.79 Å². The molecule has 1 amide bonds. The van der Waals surface area contributed by atoms with Crippen molar-refractivity contribution in [3.8, 4) is 0 Å². The zero-order valence-corrected chi connectivity index (χ0v) is 10.1. The van der Waals surface area contributed by atoms with Crippen molar-refractivity contribution in [2.75, 3.05) is 10.7 Å². The second-order valence-electron chi connectivity index (χ2n) is 3.82. The summed E-state index contributed by atoms with van der Waals surface area (Å²) >= 11 is 0. The molecule has 0 unspecified atom stereocenters. The zero-order valence-electron chi connectivity index (χ0n) is 10.1. The van der Waals surface area contributed by atoms with Crippen LogP contribution in [0.2, 0.25) is 0 Å². The van der Waals surface area contributed by atoms with Gasteiger partial charge >= 0.3 is 0 Å². The van der Waals surface area contributed by atoms with Crippen LogP contribution in [-0.2, 0) is 7.05 Å². The van der Waals surface area contributed by atoms with Gasteiger partial charge in [-0.3, -0.25) is 20.3 Å². The Morgan fingerprint density at radius 3 is 2.83 bits per heavy atom. The Labute approximate surface area is 104 Å². The van der Waals surface area contributed by atoms with E-state index in [9.17, 15) is 4.79 Å². The highest BCUT2D eigenvalue weighted by atomic mass is 16.1. The largest absolute Gasteiger partial charge is 0.323 e. The zero-order chi connectivity index (χ0) is 13.1. The lowest BCUT2D eigenvalue weighted by atomic mass is 10.2. The summed E-state index contributed by atoms with van der Waals surface area (Å²) in [6.07, 6.45) is 4.75. The van der Waals surface area contributed by atoms with Crippen molar-refractivity contribution in [3.63, 3.8) is 0 Å². The summed E-state index contributed by atoms with van der Waals surface area (Å²) in [7, 11) is 1.79. The van der Waals surface area contributed by atoms with Gasteiger partial charge in [-0.05, 0) is 13.0 Å². The normalized spacial score (nSPS) is 10.2. The molecule has 0 aliphatic carbocycles. The predicted octanol–water partition coefficient (Wildman–Crippen LogP) is 0.661. The van der Waals surface area contributed by atoms with E-state index >= 15 is 0 Å². The number of carbonyl (C=O) groups is 1. The number of anilines is 2. The minimum atomic E-state index is -0.285. The second kappa shape index (κ2) is 4.84. The number of pyridine rings is 1. The van der Waals surface area contributed by atoms with Crippen LogP contribution in [0.25, 0.3) is 0 Å². The molecular formula is C11H14N6O. The predicted molar refractivity (Wildman–Crippen MR) is 67.9 cm³/mol. The molecule has 4 N–H and O–H groups in total. The van der Waals surface area contributed by atoms with E-state index < -0.39 is 0 Å². The lowest BCUT2D eigenvalue weighted by Gasteiger charge is -2.07. The lowest BCUT2D eigenvalue weighted by Crippen LogP contribution is -2.17. The Bertz CT molecular complexity index is 577. The third kappa shape index (κ3) is 2.30. The van der Waals surface area contributed by atoms with Gasteiger partial charge in [0.1, 0.15) is 0 Å². The summed E-state index contributed by atoms with van der Waals surface area (Å²) in [5, 5.41) is 6.91. The van der Waals surface area contributed by atoms with E-state index in [1.165, 1.54) is 6.20 Å². The van der Waals surface area contributed by atoms with E-state index in [0.717, 1.165) is 5.69 Å². The molecule has 2 aromatic heterocycles. The van der Waals surface area contributed by atoms with Gasteiger partial charge in [-0.2, -0.15) is 5.10 Å². The van der Waals surface area contributed by atoms with Crippen LogP contribution in [0.3, 0.4) is 0 Å². The van der Waals surface area contributed by atoms with Crippen LogP contribution in [-0.4, -0.2) is 20.7 Å². The molecule has 0 aliphatic heterocycles. The van der Waals surface area contributed by atoms with Gasteiger partial charge in [0.25, 0.3) is 5.91 Å². The molecule has 94 valence electrons. The van der Waals surface area contributed by atoms with Gasteiger partial charge in [-0.25, -0.2) is 0 Å². The Hall–Kier alpha value is -2.41. The van der Waals surface area contributed by atoms with E-state index in [2.05, 4.69) is 20.8 Å². The third-order valence-corrected chi connectivity index (χ3v) is 2.48. The molecule has 0 radical (unpaired) electrons. The maximum absolute atomic E-state index is 12.1. The van der Waals surface area contributed by atoms with Crippen molar-refractivity contribution in [2.45, 2.75) is 6.92 Å². The standard InChI is InChI=1S/C11H14N6O/c1-7-10(6-17(2)16-7)14-11(18)8-5-13-4-3-9(8)15-12/h3-6H,12H2,1-2H3,(H,13,15)(H,14,18). The van der Waals surface area contributed by atoms with Gasteiger partial charge < -0.3 is 10.7 Å². The van der Waals surface area contributed by atoms with Gasteiger partial charge in [0, 0.05) is 25.6 Å². The molecule has 0 atom stereocenters. The van der Waals surface area contributed by atoms with Gasteiger partial charge in [-0.1, -0.05) is 0 Å². The number of rotatable bonds is 3.